The van der Waals surface area contributed by atoms with E-state index in [2.05, 4.69) is 0 Å². The molecule has 3 nitrogen and oxygen atoms in total. The summed E-state index contributed by atoms with van der Waals surface area (Å²) >= 11 is 0. The van der Waals surface area contributed by atoms with Crippen molar-refractivity contribution in [3.63, 3.8) is 0 Å². The number of carbonyl (C=O) groups is 2. The Morgan fingerprint density at radius 3 is 2.60 bits per heavy atom. The van der Waals surface area contributed by atoms with Crippen molar-refractivity contribution in [2.45, 2.75) is 13.3 Å². The third kappa shape index (κ3) is 1.06. The average Bonchev–Trinajstić information content (AvgIpc) is 2.14. The van der Waals surface area contributed by atoms with Crippen LogP contribution in [-0.2, 0) is 9.59 Å². The van der Waals surface area contributed by atoms with E-state index < -0.39 is 0 Å². The average molecular weight is 139 g/mol. The molecule has 1 aliphatic rings. The van der Waals surface area contributed by atoms with Gasteiger partial charge in [0.25, 0.3) is 0 Å². The predicted octanol–water partition coefficient (Wildman–Crippen LogP) is -1.03. The van der Waals surface area contributed by atoms with Gasteiger partial charge in [-0.1, -0.05) is 0 Å². The molecule has 0 saturated carbocycles. The molecule has 1 unspecified atom stereocenters. The molecule has 1 amide bonds. The molecule has 54 valence electrons. The molecule has 0 N–H and O–H groups in total. The smallest absolute Gasteiger partial charge is 0.221 e. The van der Waals surface area contributed by atoms with Gasteiger partial charge in [-0.2, -0.15) is 0 Å². The molecular weight excluding hydrogens is 129 g/mol. The summed E-state index contributed by atoms with van der Waals surface area (Å²) < 4.78 is 0. The maximum atomic E-state index is 11.1. The quantitative estimate of drug-likeness (QED) is 0.344. The fourth-order valence-corrected chi connectivity index (χ4v) is 1.20. The third-order valence-electron chi connectivity index (χ3n) is 1.92. The van der Waals surface area contributed by atoms with Gasteiger partial charge in [-0.05, 0) is 13.3 Å². The van der Waals surface area contributed by atoms with Crippen LogP contribution in [0.5, 0.6) is 0 Å². The molecule has 0 aliphatic carbocycles. The molecule has 0 aromatic carbocycles. The van der Waals surface area contributed by atoms with Crippen molar-refractivity contribution in [2.24, 2.45) is 5.92 Å². The number of carbonyl (C=O) groups excluding carboxylic acids is 2. The summed E-state index contributed by atoms with van der Waals surface area (Å²) in [6.45, 7) is 2.20. The lowest BCUT2D eigenvalue weighted by Crippen LogP contribution is -2.26. The lowest BCUT2D eigenvalue weighted by atomic mass is 10.0. The third-order valence-corrected chi connectivity index (χ3v) is 1.92. The van der Waals surface area contributed by atoms with Crippen molar-refractivity contribution in [3.05, 3.63) is 0 Å². The Balaban J connectivity index is 2.66. The second kappa shape index (κ2) is 2.44. The molecule has 1 atom stereocenters. The van der Waals surface area contributed by atoms with Gasteiger partial charge in [0.1, 0.15) is 5.78 Å². The van der Waals surface area contributed by atoms with Crippen LogP contribution < -0.4 is 0 Å². The number of nitrogens with zero attached hydrogens (tertiary/aromatic N) is 1. The summed E-state index contributed by atoms with van der Waals surface area (Å²) in [6.07, 6.45) is 0.699. The molecule has 1 fully saturated rings. The number of rotatable bonds is 1. The van der Waals surface area contributed by atoms with E-state index in [1.807, 2.05) is 0 Å². The van der Waals surface area contributed by atoms with Crippen molar-refractivity contribution in [3.8, 4) is 0 Å². The van der Waals surface area contributed by atoms with E-state index in [9.17, 15) is 9.59 Å². The van der Waals surface area contributed by atoms with E-state index in [4.69, 9.17) is 0 Å². The van der Waals surface area contributed by atoms with Gasteiger partial charge < -0.3 is 4.81 Å². The van der Waals surface area contributed by atoms with Gasteiger partial charge in [-0.3, -0.25) is 9.59 Å². The van der Waals surface area contributed by atoms with Crippen molar-refractivity contribution in [2.75, 3.05) is 6.54 Å². The number of hydrogen-bond acceptors (Lipinski definition) is 2. The highest BCUT2D eigenvalue weighted by Crippen LogP contribution is 2.15. The van der Waals surface area contributed by atoms with Crippen molar-refractivity contribution < 1.29 is 9.59 Å². The summed E-state index contributed by atoms with van der Waals surface area (Å²) in [6, 6.07) is 0. The molecule has 1 aliphatic heterocycles. The van der Waals surface area contributed by atoms with Crippen LogP contribution in [0.3, 0.4) is 0 Å². The fraction of sp³-hybridized carbons (Fsp3) is 0.667. The van der Waals surface area contributed by atoms with Crippen LogP contribution in [0, 0.1) is 5.92 Å². The molecule has 1 saturated heterocycles. The molecule has 0 aromatic heterocycles. The van der Waals surface area contributed by atoms with Gasteiger partial charge >= 0.3 is 0 Å². The Morgan fingerprint density at radius 1 is 1.80 bits per heavy atom. The standard InChI is InChI=1S/C6H10BNO2/c1-4(9)5-2-3-8(7)6(5)10/h5H,2-3,7H2,1H3. The first kappa shape index (κ1) is 7.31. The van der Waals surface area contributed by atoms with Gasteiger partial charge in [-0.25, -0.2) is 0 Å². The molecule has 4 heteroatoms. The first-order valence-corrected chi connectivity index (χ1v) is 3.38. The first-order valence-electron chi connectivity index (χ1n) is 3.38. The van der Waals surface area contributed by atoms with E-state index >= 15 is 0 Å². The summed E-state index contributed by atoms with van der Waals surface area (Å²) in [5.41, 5.74) is 0. The molecule has 1 rings (SSSR count). The first-order chi connectivity index (χ1) is 4.63. The lowest BCUT2D eigenvalue weighted by molar-refractivity contribution is -0.133. The lowest BCUT2D eigenvalue weighted by Gasteiger charge is -2.07. The molecule has 10 heavy (non-hydrogen) atoms. The highest BCUT2D eigenvalue weighted by atomic mass is 16.2. The minimum Gasteiger partial charge on any atom is -0.393 e. The fourth-order valence-electron chi connectivity index (χ4n) is 1.20. The summed E-state index contributed by atoms with van der Waals surface area (Å²) in [4.78, 5) is 23.4. The monoisotopic (exact) mass is 139 g/mol. The summed E-state index contributed by atoms with van der Waals surface area (Å²) in [7, 11) is 1.73. The summed E-state index contributed by atoms with van der Waals surface area (Å²) in [5, 5.41) is 0. The molecule has 0 bridgehead atoms. The highest BCUT2D eigenvalue weighted by Gasteiger charge is 2.31. The Kier molecular flexibility index (Phi) is 1.79. The van der Waals surface area contributed by atoms with Gasteiger partial charge in [-0.15, -0.1) is 0 Å². The van der Waals surface area contributed by atoms with E-state index in [1.165, 1.54) is 6.92 Å². The highest BCUT2D eigenvalue weighted by molar-refractivity contribution is 6.18. The van der Waals surface area contributed by atoms with Crippen molar-refractivity contribution in [1.82, 2.24) is 4.81 Å². The van der Waals surface area contributed by atoms with E-state index in [0.717, 1.165) is 6.54 Å². The second-order valence-electron chi connectivity index (χ2n) is 2.71. The number of amides is 1. The molecule has 1 heterocycles. The predicted molar refractivity (Wildman–Crippen MR) is 39.0 cm³/mol. The number of hydrogen-bond donors (Lipinski definition) is 0. The van der Waals surface area contributed by atoms with Crippen LogP contribution in [0.25, 0.3) is 0 Å². The number of ketones is 1. The molecule has 0 spiro atoms. The Labute approximate surface area is 60.8 Å². The van der Waals surface area contributed by atoms with Gasteiger partial charge in [0.05, 0.1) is 5.92 Å². The second-order valence-corrected chi connectivity index (χ2v) is 2.71. The zero-order valence-corrected chi connectivity index (χ0v) is 6.26. The zero-order chi connectivity index (χ0) is 7.72. The van der Waals surface area contributed by atoms with Gasteiger partial charge in [0, 0.05) is 6.54 Å². The Morgan fingerprint density at radius 2 is 2.40 bits per heavy atom. The van der Waals surface area contributed by atoms with Gasteiger partial charge in [0.2, 0.25) is 13.9 Å². The topological polar surface area (TPSA) is 37.4 Å². The molecule has 0 radical (unpaired) electrons. The largest absolute Gasteiger partial charge is 0.393 e. The minimum absolute atomic E-state index is 0.00523. The van der Waals surface area contributed by atoms with E-state index in [0.29, 0.717) is 6.42 Å². The molecule has 0 aromatic rings. The Bertz CT molecular complexity index is 181. The van der Waals surface area contributed by atoms with E-state index in [1.54, 1.807) is 12.8 Å². The van der Waals surface area contributed by atoms with Crippen LogP contribution in [0.2, 0.25) is 0 Å². The maximum absolute atomic E-state index is 11.1. The van der Waals surface area contributed by atoms with Gasteiger partial charge in [0.15, 0.2) is 0 Å². The molecular formula is C6H10BNO2. The normalized spacial score (nSPS) is 25.5. The van der Waals surface area contributed by atoms with Crippen LogP contribution >= 0.6 is 0 Å². The SMILES string of the molecule is BN1CCC(C(C)=O)C1=O. The maximum Gasteiger partial charge on any atom is 0.221 e. The minimum atomic E-state index is -0.343. The van der Waals surface area contributed by atoms with Crippen LogP contribution in [-0.4, -0.2) is 31.0 Å². The van der Waals surface area contributed by atoms with E-state index in [-0.39, 0.29) is 17.6 Å². The van der Waals surface area contributed by atoms with Crippen LogP contribution in [0.4, 0.5) is 0 Å². The van der Waals surface area contributed by atoms with Crippen LogP contribution in [0.1, 0.15) is 13.3 Å². The van der Waals surface area contributed by atoms with Crippen molar-refractivity contribution in [1.29, 1.82) is 0 Å². The van der Waals surface area contributed by atoms with Crippen molar-refractivity contribution >= 4 is 19.7 Å². The number of Topliss-reactive ketones (excluding diaryl/α,β-unsaturated/α-hetero) is 1. The Hall–Kier alpha value is -0.795. The zero-order valence-electron chi connectivity index (χ0n) is 6.26. The van der Waals surface area contributed by atoms with Crippen LogP contribution in [0.15, 0.2) is 0 Å². The summed E-state index contributed by atoms with van der Waals surface area (Å²) in [5.74, 6) is -0.369.